The molecule has 2 N–H and O–H groups in total. The van der Waals surface area contributed by atoms with Gasteiger partial charge < -0.3 is 24.8 Å². The molecule has 0 unspecified atom stereocenters. The number of benzene rings is 1. The van der Waals surface area contributed by atoms with E-state index in [4.69, 9.17) is 15.5 Å². The van der Waals surface area contributed by atoms with Crippen LogP contribution >= 0.6 is 0 Å². The van der Waals surface area contributed by atoms with E-state index in [1.807, 2.05) is 53.0 Å². The van der Waals surface area contributed by atoms with Crippen molar-refractivity contribution in [3.05, 3.63) is 66.5 Å². The average Bonchev–Trinajstić information content (AvgIpc) is 3.32. The minimum Gasteiger partial charge on any atom is -0.370 e. The van der Waals surface area contributed by atoms with E-state index in [1.165, 1.54) is 0 Å². The van der Waals surface area contributed by atoms with Crippen LogP contribution in [-0.2, 0) is 16.1 Å². The number of aromatic nitrogens is 3. The Balaban J connectivity index is 1.09. The third-order valence-corrected chi connectivity index (χ3v) is 6.88. The van der Waals surface area contributed by atoms with Gasteiger partial charge in [0.1, 0.15) is 23.8 Å². The van der Waals surface area contributed by atoms with Gasteiger partial charge in [-0.1, -0.05) is 18.2 Å². The SMILES string of the molecule is CN(C(=O)COCCn1ccc2ccc(C(N)=O)nc21)C1CCN(c2ccc3ccccc3n2)CC1. The molecule has 9 heteroatoms. The van der Waals surface area contributed by atoms with Crippen molar-refractivity contribution >= 4 is 39.6 Å². The van der Waals surface area contributed by atoms with Crippen LogP contribution in [0.1, 0.15) is 23.3 Å². The Morgan fingerprint density at radius 1 is 1.03 bits per heavy atom. The van der Waals surface area contributed by atoms with Gasteiger partial charge in [0.15, 0.2) is 0 Å². The lowest BCUT2D eigenvalue weighted by Gasteiger charge is -2.37. The lowest BCUT2D eigenvalue weighted by atomic mass is 10.0. The third kappa shape index (κ3) is 5.01. The van der Waals surface area contributed by atoms with E-state index in [9.17, 15) is 9.59 Å². The fraction of sp³-hybridized carbons (Fsp3) is 0.333. The van der Waals surface area contributed by atoms with Crippen LogP contribution in [0.5, 0.6) is 0 Å². The summed E-state index contributed by atoms with van der Waals surface area (Å²) in [6.45, 7) is 2.62. The van der Waals surface area contributed by atoms with E-state index in [1.54, 1.807) is 6.07 Å². The number of carbonyl (C=O) groups excluding carboxylic acids is 2. The summed E-state index contributed by atoms with van der Waals surface area (Å²) < 4.78 is 7.58. The highest BCUT2D eigenvalue weighted by atomic mass is 16.5. The van der Waals surface area contributed by atoms with Crippen molar-refractivity contribution in [1.29, 1.82) is 0 Å². The zero-order chi connectivity index (χ0) is 25.1. The van der Waals surface area contributed by atoms with E-state index in [0.717, 1.165) is 48.0 Å². The van der Waals surface area contributed by atoms with Gasteiger partial charge in [-0.25, -0.2) is 9.97 Å². The second-order valence-electron chi connectivity index (χ2n) is 9.12. The number of nitrogens with two attached hydrogens (primary N) is 1. The maximum Gasteiger partial charge on any atom is 0.267 e. The van der Waals surface area contributed by atoms with Gasteiger partial charge in [-0.2, -0.15) is 0 Å². The van der Waals surface area contributed by atoms with Crippen molar-refractivity contribution in [1.82, 2.24) is 19.4 Å². The predicted octanol–water partition coefficient (Wildman–Crippen LogP) is 2.83. The van der Waals surface area contributed by atoms with Crippen LogP contribution in [0.3, 0.4) is 0 Å². The Hall–Kier alpha value is -3.98. The Morgan fingerprint density at radius 3 is 2.61 bits per heavy atom. The minimum atomic E-state index is -0.561. The molecule has 0 radical (unpaired) electrons. The van der Waals surface area contributed by atoms with Crippen molar-refractivity contribution < 1.29 is 14.3 Å². The molecule has 0 atom stereocenters. The number of amides is 2. The number of pyridine rings is 2. The topological polar surface area (TPSA) is 107 Å². The van der Waals surface area contributed by atoms with Crippen LogP contribution in [0.4, 0.5) is 5.82 Å². The molecule has 4 heterocycles. The van der Waals surface area contributed by atoms with Crippen LogP contribution in [0.2, 0.25) is 0 Å². The highest BCUT2D eigenvalue weighted by Crippen LogP contribution is 2.23. The molecular weight excluding hydrogens is 456 g/mol. The fourth-order valence-electron chi connectivity index (χ4n) is 4.72. The second-order valence-corrected chi connectivity index (χ2v) is 9.12. The highest BCUT2D eigenvalue weighted by Gasteiger charge is 2.26. The Bertz CT molecular complexity index is 1390. The Morgan fingerprint density at radius 2 is 1.81 bits per heavy atom. The van der Waals surface area contributed by atoms with Crippen LogP contribution in [-0.4, -0.2) is 70.6 Å². The number of para-hydroxylation sites is 1. The van der Waals surface area contributed by atoms with Crippen molar-refractivity contribution in [2.45, 2.75) is 25.4 Å². The van der Waals surface area contributed by atoms with Crippen molar-refractivity contribution in [2.24, 2.45) is 5.73 Å². The van der Waals surface area contributed by atoms with Crippen LogP contribution in [0.25, 0.3) is 21.9 Å². The first-order valence-electron chi connectivity index (χ1n) is 12.2. The first kappa shape index (κ1) is 23.7. The number of hydrogen-bond donors (Lipinski definition) is 1. The molecule has 0 saturated carbocycles. The van der Waals surface area contributed by atoms with Gasteiger partial charge in [0, 0.05) is 49.7 Å². The number of carbonyl (C=O) groups is 2. The summed E-state index contributed by atoms with van der Waals surface area (Å²) in [6, 6.07) is 17.8. The van der Waals surface area contributed by atoms with Gasteiger partial charge in [0.2, 0.25) is 5.91 Å². The zero-order valence-electron chi connectivity index (χ0n) is 20.3. The summed E-state index contributed by atoms with van der Waals surface area (Å²) in [5.41, 5.74) is 7.24. The van der Waals surface area contributed by atoms with Gasteiger partial charge in [-0.05, 0) is 49.2 Å². The molecule has 1 aliphatic rings. The molecule has 1 saturated heterocycles. The lowest BCUT2D eigenvalue weighted by Crippen LogP contribution is -2.46. The minimum absolute atomic E-state index is 0.0243. The van der Waals surface area contributed by atoms with E-state index < -0.39 is 5.91 Å². The fourth-order valence-corrected chi connectivity index (χ4v) is 4.72. The van der Waals surface area contributed by atoms with E-state index >= 15 is 0 Å². The molecule has 0 aliphatic carbocycles. The molecule has 1 aliphatic heterocycles. The summed E-state index contributed by atoms with van der Waals surface area (Å²) in [4.78, 5) is 37.4. The van der Waals surface area contributed by atoms with Gasteiger partial charge in [0.25, 0.3) is 5.91 Å². The number of primary amides is 1. The zero-order valence-corrected chi connectivity index (χ0v) is 20.3. The molecule has 1 aromatic carbocycles. The number of piperidine rings is 1. The Labute approximate surface area is 209 Å². The monoisotopic (exact) mass is 486 g/mol. The quantitative estimate of drug-likeness (QED) is 0.384. The predicted molar refractivity (Wildman–Crippen MR) is 139 cm³/mol. The number of anilines is 1. The molecule has 9 nitrogen and oxygen atoms in total. The molecule has 2 amide bonds. The Kier molecular flexibility index (Phi) is 6.81. The van der Waals surface area contributed by atoms with Crippen molar-refractivity contribution in [3.8, 4) is 0 Å². The number of nitrogens with zero attached hydrogens (tertiary/aromatic N) is 5. The highest BCUT2D eigenvalue weighted by molar-refractivity contribution is 5.93. The molecule has 0 spiro atoms. The summed E-state index contributed by atoms with van der Waals surface area (Å²) in [5, 5.41) is 2.05. The average molecular weight is 487 g/mol. The summed E-state index contributed by atoms with van der Waals surface area (Å²) in [5.74, 6) is 0.400. The van der Waals surface area contributed by atoms with Crippen LogP contribution in [0, 0.1) is 0 Å². The largest absolute Gasteiger partial charge is 0.370 e. The lowest BCUT2D eigenvalue weighted by molar-refractivity contribution is -0.137. The molecule has 0 bridgehead atoms. The molecule has 4 aromatic rings. The first-order chi connectivity index (χ1) is 17.5. The number of rotatable bonds is 8. The second kappa shape index (κ2) is 10.3. The van der Waals surface area contributed by atoms with E-state index in [0.29, 0.717) is 18.8 Å². The smallest absolute Gasteiger partial charge is 0.267 e. The third-order valence-electron chi connectivity index (χ3n) is 6.88. The number of likely N-dealkylation sites (N-methyl/N-ethyl adjacent to an activating group) is 1. The summed E-state index contributed by atoms with van der Waals surface area (Å²) >= 11 is 0. The normalized spacial score (nSPS) is 14.4. The number of hydrogen-bond acceptors (Lipinski definition) is 6. The number of ether oxygens (including phenoxy) is 1. The summed E-state index contributed by atoms with van der Waals surface area (Å²) in [7, 11) is 1.86. The van der Waals surface area contributed by atoms with Crippen molar-refractivity contribution in [3.63, 3.8) is 0 Å². The van der Waals surface area contributed by atoms with Gasteiger partial charge in [-0.15, -0.1) is 0 Å². The molecule has 3 aromatic heterocycles. The number of fused-ring (bicyclic) bond motifs is 2. The molecular formula is C27H30N6O3. The standard InChI is InChI=1S/C27H30N6O3/c1-31(21-11-14-32(15-12-21)24-9-7-19-4-2-3-5-22(19)29-24)25(34)18-36-17-16-33-13-10-20-6-8-23(26(28)35)30-27(20)33/h2-10,13,21H,11-12,14-18H2,1H3,(H2,28,35). The maximum absolute atomic E-state index is 12.7. The van der Waals surface area contributed by atoms with Crippen LogP contribution < -0.4 is 10.6 Å². The maximum atomic E-state index is 12.7. The van der Waals surface area contributed by atoms with Gasteiger partial charge in [-0.3, -0.25) is 9.59 Å². The molecule has 36 heavy (non-hydrogen) atoms. The summed E-state index contributed by atoms with van der Waals surface area (Å²) in [6.07, 6.45) is 3.66. The first-order valence-corrected chi connectivity index (χ1v) is 12.2. The van der Waals surface area contributed by atoms with Crippen LogP contribution in [0.15, 0.2) is 60.8 Å². The molecule has 1 fully saturated rings. The molecule has 5 rings (SSSR count). The van der Waals surface area contributed by atoms with E-state index in [-0.39, 0.29) is 24.2 Å². The van der Waals surface area contributed by atoms with Crippen molar-refractivity contribution in [2.75, 3.05) is 38.3 Å². The van der Waals surface area contributed by atoms with E-state index in [2.05, 4.69) is 28.1 Å². The van der Waals surface area contributed by atoms with Gasteiger partial charge in [0.05, 0.1) is 12.1 Å². The molecule has 186 valence electrons. The van der Waals surface area contributed by atoms with Gasteiger partial charge >= 0.3 is 0 Å².